The van der Waals surface area contributed by atoms with Gasteiger partial charge in [-0.3, -0.25) is 4.90 Å². The Morgan fingerprint density at radius 1 is 1.00 bits per heavy atom. The second-order valence-corrected chi connectivity index (χ2v) is 6.55. The normalized spacial score (nSPS) is 25.1. The summed E-state index contributed by atoms with van der Waals surface area (Å²) in [4.78, 5) is 5.42. The average Bonchev–Trinajstić information content (AvgIpc) is 2.90. The largest absolute Gasteiger partial charge is 0.302 e. The third-order valence-corrected chi connectivity index (χ3v) is 5.05. The van der Waals surface area contributed by atoms with E-state index in [2.05, 4.69) is 41.0 Å². The van der Waals surface area contributed by atoms with Gasteiger partial charge in [0, 0.05) is 19.1 Å². The Morgan fingerprint density at radius 3 is 2.60 bits per heavy atom. The Kier molecular flexibility index (Phi) is 4.74. The molecule has 0 saturated carbocycles. The van der Waals surface area contributed by atoms with E-state index in [1.54, 1.807) is 0 Å². The van der Waals surface area contributed by atoms with Crippen LogP contribution in [0.3, 0.4) is 0 Å². The summed E-state index contributed by atoms with van der Waals surface area (Å²) in [6.45, 7) is 8.62. The second kappa shape index (κ2) is 6.73. The minimum absolute atomic E-state index is 0.785. The van der Waals surface area contributed by atoms with Gasteiger partial charge < -0.3 is 4.90 Å². The Labute approximate surface area is 123 Å². The molecule has 2 aliphatic heterocycles. The van der Waals surface area contributed by atoms with Crippen LogP contribution in [0.2, 0.25) is 0 Å². The van der Waals surface area contributed by atoms with Gasteiger partial charge in [-0.25, -0.2) is 0 Å². The van der Waals surface area contributed by atoms with E-state index < -0.39 is 0 Å². The molecule has 0 amide bonds. The van der Waals surface area contributed by atoms with Crippen LogP contribution in [0.25, 0.3) is 0 Å². The van der Waals surface area contributed by atoms with E-state index in [0.717, 1.165) is 12.6 Å². The summed E-state index contributed by atoms with van der Waals surface area (Å²) in [5.41, 5.74) is 2.95. The molecule has 110 valence electrons. The minimum atomic E-state index is 0.785. The number of piperidine rings is 1. The quantitative estimate of drug-likeness (QED) is 0.828. The van der Waals surface area contributed by atoms with Crippen molar-refractivity contribution in [3.05, 3.63) is 35.4 Å². The summed E-state index contributed by atoms with van der Waals surface area (Å²) in [6, 6.07) is 9.65. The second-order valence-electron chi connectivity index (χ2n) is 6.55. The van der Waals surface area contributed by atoms with Crippen LogP contribution in [-0.2, 0) is 6.54 Å². The number of hydrogen-bond acceptors (Lipinski definition) is 2. The summed E-state index contributed by atoms with van der Waals surface area (Å²) in [7, 11) is 0. The number of nitrogens with zero attached hydrogens (tertiary/aromatic N) is 2. The van der Waals surface area contributed by atoms with Crippen LogP contribution < -0.4 is 0 Å². The highest BCUT2D eigenvalue weighted by Gasteiger charge is 2.27. The van der Waals surface area contributed by atoms with E-state index in [1.807, 2.05) is 0 Å². The van der Waals surface area contributed by atoms with Gasteiger partial charge in [-0.1, -0.05) is 30.7 Å². The maximum Gasteiger partial charge on any atom is 0.0239 e. The molecule has 2 heteroatoms. The highest BCUT2D eigenvalue weighted by atomic mass is 15.2. The number of rotatable bonds is 4. The van der Waals surface area contributed by atoms with Gasteiger partial charge >= 0.3 is 0 Å². The summed E-state index contributed by atoms with van der Waals surface area (Å²) in [5, 5.41) is 0. The fourth-order valence-corrected chi connectivity index (χ4v) is 3.76. The molecule has 1 aromatic carbocycles. The van der Waals surface area contributed by atoms with Crippen molar-refractivity contribution in [2.45, 2.75) is 51.6 Å². The van der Waals surface area contributed by atoms with Crippen LogP contribution in [0.4, 0.5) is 0 Å². The molecule has 0 N–H and O–H groups in total. The molecule has 0 aliphatic carbocycles. The molecular weight excluding hydrogens is 244 g/mol. The van der Waals surface area contributed by atoms with Gasteiger partial charge in [0.2, 0.25) is 0 Å². The van der Waals surface area contributed by atoms with Crippen molar-refractivity contribution in [2.24, 2.45) is 0 Å². The van der Waals surface area contributed by atoms with Gasteiger partial charge in [0.1, 0.15) is 0 Å². The van der Waals surface area contributed by atoms with E-state index in [9.17, 15) is 0 Å². The van der Waals surface area contributed by atoms with E-state index in [-0.39, 0.29) is 0 Å². The zero-order valence-electron chi connectivity index (χ0n) is 12.9. The van der Waals surface area contributed by atoms with Crippen molar-refractivity contribution < 1.29 is 0 Å². The first-order valence-electron chi connectivity index (χ1n) is 8.34. The molecule has 2 fully saturated rings. The SMILES string of the molecule is Cc1ccccc1CN1CCCC1CN1CCCCC1. The summed E-state index contributed by atoms with van der Waals surface area (Å²) in [5.74, 6) is 0. The number of likely N-dealkylation sites (tertiary alicyclic amines) is 2. The fourth-order valence-electron chi connectivity index (χ4n) is 3.76. The molecule has 1 aromatic rings. The van der Waals surface area contributed by atoms with Crippen molar-refractivity contribution in [3.8, 4) is 0 Å². The summed E-state index contributed by atoms with van der Waals surface area (Å²) in [6.07, 6.45) is 7.02. The van der Waals surface area contributed by atoms with Gasteiger partial charge in [0.15, 0.2) is 0 Å². The van der Waals surface area contributed by atoms with Gasteiger partial charge in [0.05, 0.1) is 0 Å². The Bertz CT molecular complexity index is 423. The lowest BCUT2D eigenvalue weighted by Crippen LogP contribution is -2.42. The molecule has 2 aliphatic rings. The Hall–Kier alpha value is -0.860. The Balaban J connectivity index is 1.59. The predicted octanol–water partition coefficient (Wildman–Crippen LogP) is 3.45. The monoisotopic (exact) mass is 272 g/mol. The molecule has 1 atom stereocenters. The summed E-state index contributed by atoms with van der Waals surface area (Å²) >= 11 is 0. The van der Waals surface area contributed by atoms with Gasteiger partial charge in [-0.2, -0.15) is 0 Å². The van der Waals surface area contributed by atoms with Crippen LogP contribution in [0, 0.1) is 6.92 Å². The van der Waals surface area contributed by atoms with Crippen molar-refractivity contribution in [2.75, 3.05) is 26.2 Å². The van der Waals surface area contributed by atoms with Gasteiger partial charge in [0.25, 0.3) is 0 Å². The Morgan fingerprint density at radius 2 is 1.80 bits per heavy atom. The van der Waals surface area contributed by atoms with Crippen LogP contribution in [0.15, 0.2) is 24.3 Å². The zero-order chi connectivity index (χ0) is 13.8. The molecule has 2 heterocycles. The van der Waals surface area contributed by atoms with E-state index in [0.29, 0.717) is 0 Å². The topological polar surface area (TPSA) is 6.48 Å². The third-order valence-electron chi connectivity index (χ3n) is 5.05. The molecule has 1 unspecified atom stereocenters. The predicted molar refractivity (Wildman–Crippen MR) is 84.9 cm³/mol. The molecular formula is C18H28N2. The van der Waals surface area contributed by atoms with Crippen LogP contribution in [0.5, 0.6) is 0 Å². The van der Waals surface area contributed by atoms with E-state index in [4.69, 9.17) is 0 Å². The lowest BCUT2D eigenvalue weighted by atomic mass is 10.1. The molecule has 0 radical (unpaired) electrons. The highest BCUT2D eigenvalue weighted by Crippen LogP contribution is 2.23. The molecule has 2 nitrogen and oxygen atoms in total. The molecule has 20 heavy (non-hydrogen) atoms. The smallest absolute Gasteiger partial charge is 0.0239 e. The number of hydrogen-bond donors (Lipinski definition) is 0. The van der Waals surface area contributed by atoms with Gasteiger partial charge in [-0.15, -0.1) is 0 Å². The zero-order valence-corrected chi connectivity index (χ0v) is 12.9. The maximum absolute atomic E-state index is 2.72. The van der Waals surface area contributed by atoms with Crippen molar-refractivity contribution in [3.63, 3.8) is 0 Å². The standard InChI is InChI=1S/C18H28N2/c1-16-8-3-4-9-17(16)14-20-13-7-10-18(20)15-19-11-5-2-6-12-19/h3-4,8-9,18H,2,5-7,10-15H2,1H3. The lowest BCUT2D eigenvalue weighted by molar-refractivity contribution is 0.149. The summed E-state index contributed by atoms with van der Waals surface area (Å²) < 4.78 is 0. The molecule has 0 spiro atoms. The number of benzene rings is 1. The van der Waals surface area contributed by atoms with E-state index in [1.165, 1.54) is 69.4 Å². The van der Waals surface area contributed by atoms with E-state index >= 15 is 0 Å². The third kappa shape index (κ3) is 3.42. The fraction of sp³-hybridized carbons (Fsp3) is 0.667. The van der Waals surface area contributed by atoms with Crippen molar-refractivity contribution in [1.82, 2.24) is 9.80 Å². The first kappa shape index (κ1) is 14.1. The van der Waals surface area contributed by atoms with Crippen LogP contribution in [0.1, 0.15) is 43.2 Å². The lowest BCUT2D eigenvalue weighted by Gasteiger charge is -2.33. The first-order valence-corrected chi connectivity index (χ1v) is 8.34. The van der Waals surface area contributed by atoms with Crippen molar-refractivity contribution in [1.29, 1.82) is 0 Å². The molecule has 3 rings (SSSR count). The first-order chi connectivity index (χ1) is 9.83. The van der Waals surface area contributed by atoms with Gasteiger partial charge in [-0.05, 0) is 63.4 Å². The maximum atomic E-state index is 2.72. The van der Waals surface area contributed by atoms with Crippen LogP contribution >= 0.6 is 0 Å². The number of aryl methyl sites for hydroxylation is 1. The molecule has 0 aromatic heterocycles. The average molecular weight is 272 g/mol. The highest BCUT2D eigenvalue weighted by molar-refractivity contribution is 5.25. The molecule has 0 bridgehead atoms. The van der Waals surface area contributed by atoms with Crippen LogP contribution in [-0.4, -0.2) is 42.0 Å². The minimum Gasteiger partial charge on any atom is -0.302 e. The van der Waals surface area contributed by atoms with Crippen molar-refractivity contribution >= 4 is 0 Å². The molecule has 2 saturated heterocycles.